The molecule has 0 saturated carbocycles. The summed E-state index contributed by atoms with van der Waals surface area (Å²) in [7, 11) is 0. The van der Waals surface area contributed by atoms with Gasteiger partial charge in [-0.3, -0.25) is 14.2 Å². The van der Waals surface area contributed by atoms with Crippen LogP contribution in [-0.2, 0) is 4.57 Å². The van der Waals surface area contributed by atoms with Gasteiger partial charge in [-0.15, -0.1) is 0 Å². The number of nitrogens with one attached hydrogen (secondary N) is 1. The number of aromatic nitrogens is 4. The standard InChI is InChI=1S/C6H4Cl2N2OS.C5H6N2O2S.Cl3OP/c1-12-6-9-4(7)3(2-11)5(8)10-6;1-10-5-6-3(8)2-4(9)7-5;1-5(2,3)4/h2H,1H3;2H,1H3,(H2,6,7,8,9);. The van der Waals surface area contributed by atoms with E-state index in [-0.39, 0.29) is 27.3 Å². The number of carbonyl (C=O) groups is 1. The molecule has 2 N–H and O–H groups in total. The van der Waals surface area contributed by atoms with Crippen LogP contribution >= 0.6 is 85.6 Å². The molecule has 0 aromatic carbocycles. The second kappa shape index (κ2) is 13.1. The smallest absolute Gasteiger partial charge is 0.339 e. The Morgan fingerprint density at radius 2 is 1.59 bits per heavy atom. The highest BCUT2D eigenvalue weighted by atomic mass is 36.0. The van der Waals surface area contributed by atoms with Gasteiger partial charge in [-0.25, -0.2) is 9.97 Å². The minimum Gasteiger partial charge on any atom is -0.493 e. The van der Waals surface area contributed by atoms with Crippen LogP contribution in [0.1, 0.15) is 10.4 Å². The van der Waals surface area contributed by atoms with Gasteiger partial charge in [0.15, 0.2) is 16.6 Å². The van der Waals surface area contributed by atoms with Crippen molar-refractivity contribution in [3.8, 4) is 5.88 Å². The molecule has 8 nitrogen and oxygen atoms in total. The summed E-state index contributed by atoms with van der Waals surface area (Å²) >= 11 is 27.7. The summed E-state index contributed by atoms with van der Waals surface area (Å²) in [6.07, 6.45) is 4.09. The number of carbonyl (C=O) groups excluding carboxylic acids is 1. The van der Waals surface area contributed by atoms with Crippen LogP contribution < -0.4 is 5.56 Å². The Kier molecular flexibility index (Phi) is 13.0. The Hall–Kier alpha value is -0.190. The zero-order valence-electron chi connectivity index (χ0n) is 13.3. The Bertz CT molecular complexity index is 851. The number of thioether (sulfide) groups is 2. The molecule has 0 bridgehead atoms. The number of rotatable bonds is 3. The van der Waals surface area contributed by atoms with E-state index < -0.39 is 5.20 Å². The molecule has 2 aromatic heterocycles. The summed E-state index contributed by atoms with van der Waals surface area (Å²) in [5.41, 5.74) is -0.201. The summed E-state index contributed by atoms with van der Waals surface area (Å²) in [4.78, 5) is 34.7. The van der Waals surface area contributed by atoms with E-state index in [1.165, 1.54) is 23.5 Å². The van der Waals surface area contributed by atoms with Crippen molar-refractivity contribution in [3.63, 3.8) is 0 Å². The average Bonchev–Trinajstić information content (AvgIpc) is 2.52. The molecule has 2 heterocycles. The molecule has 0 amide bonds. The summed E-state index contributed by atoms with van der Waals surface area (Å²) in [6, 6.07) is 1.03. The van der Waals surface area contributed by atoms with Crippen LogP contribution in [0, 0.1) is 0 Å². The van der Waals surface area contributed by atoms with Gasteiger partial charge in [0.1, 0.15) is 10.3 Å². The predicted octanol–water partition coefficient (Wildman–Crippen LogP) is 5.33. The van der Waals surface area contributed by atoms with Gasteiger partial charge in [0.05, 0.1) is 11.6 Å². The molecule has 0 spiro atoms. The van der Waals surface area contributed by atoms with Gasteiger partial charge in [0.2, 0.25) is 5.88 Å². The van der Waals surface area contributed by atoms with Gasteiger partial charge in [0, 0.05) is 0 Å². The molecule has 0 aliphatic carbocycles. The third-order valence-corrected chi connectivity index (χ3v) is 3.74. The maximum atomic E-state index is 10.6. The van der Waals surface area contributed by atoms with Crippen molar-refractivity contribution in [1.29, 1.82) is 0 Å². The molecule has 0 aliphatic rings. The maximum Gasteiger partial charge on any atom is 0.339 e. The quantitative estimate of drug-likeness (QED) is 0.177. The van der Waals surface area contributed by atoms with Crippen molar-refractivity contribution in [2.45, 2.75) is 10.3 Å². The number of hydrogen-bond donors (Lipinski definition) is 2. The largest absolute Gasteiger partial charge is 0.493 e. The van der Waals surface area contributed by atoms with E-state index in [1.807, 2.05) is 0 Å². The van der Waals surface area contributed by atoms with E-state index in [0.29, 0.717) is 16.6 Å². The van der Waals surface area contributed by atoms with Crippen molar-refractivity contribution in [3.05, 3.63) is 32.3 Å². The molecule has 0 saturated heterocycles. The van der Waals surface area contributed by atoms with Crippen molar-refractivity contribution in [1.82, 2.24) is 19.9 Å². The first-order valence-corrected chi connectivity index (χ1v) is 13.8. The van der Waals surface area contributed by atoms with E-state index in [0.717, 1.165) is 6.07 Å². The zero-order chi connectivity index (χ0) is 21.2. The van der Waals surface area contributed by atoms with E-state index >= 15 is 0 Å². The molecular weight excluding hydrogens is 525 g/mol. The number of hydrogen-bond acceptors (Lipinski definition) is 9. The Labute approximate surface area is 186 Å². The van der Waals surface area contributed by atoms with Gasteiger partial charge in [-0.1, -0.05) is 46.7 Å². The van der Waals surface area contributed by atoms with Gasteiger partial charge >= 0.3 is 5.20 Å². The van der Waals surface area contributed by atoms with Crippen molar-refractivity contribution in [2.75, 3.05) is 12.5 Å². The second-order valence-electron chi connectivity index (χ2n) is 3.84. The van der Waals surface area contributed by atoms with Gasteiger partial charge in [0.25, 0.3) is 5.56 Å². The van der Waals surface area contributed by atoms with Gasteiger partial charge < -0.3 is 10.1 Å². The van der Waals surface area contributed by atoms with Crippen molar-refractivity contribution < 1.29 is 14.5 Å². The van der Waals surface area contributed by atoms with E-state index in [9.17, 15) is 14.2 Å². The highest BCUT2D eigenvalue weighted by Gasteiger charge is 2.09. The lowest BCUT2D eigenvalue weighted by molar-refractivity contribution is 0.112. The molecule has 0 fully saturated rings. The molecule has 2 aromatic rings. The fraction of sp³-hybridized carbons (Fsp3) is 0.182. The maximum absolute atomic E-state index is 10.6. The number of aldehydes is 1. The summed E-state index contributed by atoms with van der Waals surface area (Å²) in [5, 5.41) is 6.62. The van der Waals surface area contributed by atoms with E-state index in [1.54, 1.807) is 12.5 Å². The van der Waals surface area contributed by atoms with Gasteiger partial charge in [-0.2, -0.15) is 4.98 Å². The summed E-state index contributed by atoms with van der Waals surface area (Å²) < 4.78 is 9.51. The third kappa shape index (κ3) is 12.8. The Morgan fingerprint density at radius 3 is 1.93 bits per heavy atom. The Morgan fingerprint density at radius 1 is 1.11 bits per heavy atom. The van der Waals surface area contributed by atoms with Crippen LogP contribution in [0.4, 0.5) is 0 Å². The summed E-state index contributed by atoms with van der Waals surface area (Å²) in [6.45, 7) is 0. The van der Waals surface area contributed by atoms with E-state index in [2.05, 4.69) is 53.7 Å². The minimum atomic E-state index is -3.22. The molecular formula is C11H10Cl5N4O4PS2. The normalized spacial score (nSPS) is 10.2. The molecule has 2 rings (SSSR count). The highest BCUT2D eigenvalue weighted by Crippen LogP contribution is 2.61. The fourth-order valence-corrected chi connectivity index (χ4v) is 2.44. The lowest BCUT2D eigenvalue weighted by Crippen LogP contribution is -2.05. The van der Waals surface area contributed by atoms with Crippen LogP contribution in [0.25, 0.3) is 0 Å². The highest BCUT2D eigenvalue weighted by molar-refractivity contribution is 8.24. The second-order valence-corrected chi connectivity index (χ2v) is 12.8. The molecule has 27 heavy (non-hydrogen) atoms. The number of H-pyrrole nitrogens is 1. The first kappa shape index (κ1) is 26.8. The first-order valence-electron chi connectivity index (χ1n) is 6.16. The minimum absolute atomic E-state index is 0.0920. The number of aromatic hydroxyl groups is 1. The molecule has 150 valence electrons. The van der Waals surface area contributed by atoms with Crippen LogP contribution in [-0.4, -0.2) is 43.8 Å². The fourth-order valence-electron chi connectivity index (χ4n) is 1.11. The molecule has 0 atom stereocenters. The summed E-state index contributed by atoms with van der Waals surface area (Å²) in [5.74, 6) is -0.242. The first-order chi connectivity index (χ1) is 12.4. The van der Waals surface area contributed by atoms with Crippen molar-refractivity contribution in [2.24, 2.45) is 0 Å². The lowest BCUT2D eigenvalue weighted by atomic mass is 10.4. The van der Waals surface area contributed by atoms with Crippen LogP contribution in [0.3, 0.4) is 0 Å². The number of halogens is 5. The van der Waals surface area contributed by atoms with Crippen LogP contribution in [0.2, 0.25) is 10.3 Å². The number of nitrogens with zero attached hydrogens (tertiary/aromatic N) is 3. The lowest BCUT2D eigenvalue weighted by Gasteiger charge is -1.99. The SMILES string of the molecule is CSc1nc(Cl)c(C=O)c(Cl)n1.CSc1nc(O)cc(=O)[nH]1.O=P(Cl)(Cl)Cl. The molecule has 0 aliphatic heterocycles. The Balaban J connectivity index is 0.000000408. The van der Waals surface area contributed by atoms with Crippen LogP contribution in [0.15, 0.2) is 21.2 Å². The number of aromatic amines is 1. The molecule has 0 radical (unpaired) electrons. The molecule has 0 unspecified atom stereocenters. The third-order valence-electron chi connectivity index (χ3n) is 2.03. The zero-order valence-corrected chi connectivity index (χ0v) is 19.6. The van der Waals surface area contributed by atoms with E-state index in [4.69, 9.17) is 28.3 Å². The topological polar surface area (TPSA) is 126 Å². The molecule has 16 heteroatoms. The predicted molar refractivity (Wildman–Crippen MR) is 113 cm³/mol. The monoisotopic (exact) mass is 532 g/mol. The van der Waals surface area contributed by atoms with Crippen molar-refractivity contribution >= 4 is 91.9 Å². The average molecular weight is 535 g/mol. The van der Waals surface area contributed by atoms with Crippen LogP contribution in [0.5, 0.6) is 5.88 Å². The van der Waals surface area contributed by atoms with Gasteiger partial charge in [-0.05, 0) is 46.2 Å².